The average molecular weight is 369 g/mol. The van der Waals surface area contributed by atoms with E-state index in [1.165, 1.54) is 18.4 Å². The first kappa shape index (κ1) is 15.0. The van der Waals surface area contributed by atoms with E-state index in [1.54, 1.807) is 12.1 Å². The SMILES string of the molecule is Cc1ccc(CNC2CC2)cc1-c1ccc(Br)c(Cl)c1F. The van der Waals surface area contributed by atoms with Crippen LogP contribution >= 0.6 is 27.5 Å². The maximum atomic E-state index is 14.4. The molecule has 1 aliphatic rings. The Morgan fingerprint density at radius 3 is 2.71 bits per heavy atom. The van der Waals surface area contributed by atoms with Gasteiger partial charge < -0.3 is 5.32 Å². The molecular weight excluding hydrogens is 353 g/mol. The van der Waals surface area contributed by atoms with Crippen LogP contribution in [0.4, 0.5) is 4.39 Å². The molecule has 0 radical (unpaired) electrons. The third-order valence-electron chi connectivity index (χ3n) is 3.80. The molecule has 0 saturated heterocycles. The van der Waals surface area contributed by atoms with Gasteiger partial charge in [0.1, 0.15) is 0 Å². The van der Waals surface area contributed by atoms with Crippen molar-refractivity contribution >= 4 is 27.5 Å². The van der Waals surface area contributed by atoms with E-state index >= 15 is 0 Å². The number of nitrogens with one attached hydrogen (secondary N) is 1. The van der Waals surface area contributed by atoms with E-state index in [4.69, 9.17) is 11.6 Å². The minimum Gasteiger partial charge on any atom is -0.310 e. The molecule has 1 N–H and O–H groups in total. The summed E-state index contributed by atoms with van der Waals surface area (Å²) in [5, 5.41) is 3.61. The van der Waals surface area contributed by atoms with E-state index in [-0.39, 0.29) is 10.8 Å². The molecule has 2 aromatic carbocycles. The van der Waals surface area contributed by atoms with Crippen LogP contribution in [0.5, 0.6) is 0 Å². The number of hydrogen-bond acceptors (Lipinski definition) is 1. The number of halogens is 3. The van der Waals surface area contributed by atoms with Gasteiger partial charge in [0, 0.05) is 22.6 Å². The van der Waals surface area contributed by atoms with Crippen LogP contribution in [0, 0.1) is 12.7 Å². The van der Waals surface area contributed by atoms with Crippen LogP contribution in [0.2, 0.25) is 5.02 Å². The van der Waals surface area contributed by atoms with Crippen LogP contribution < -0.4 is 5.32 Å². The van der Waals surface area contributed by atoms with E-state index in [0.29, 0.717) is 16.1 Å². The summed E-state index contributed by atoms with van der Waals surface area (Å²) in [4.78, 5) is 0. The fraction of sp³-hybridized carbons (Fsp3) is 0.294. The van der Waals surface area contributed by atoms with Gasteiger partial charge in [-0.1, -0.05) is 29.8 Å². The molecule has 0 aliphatic heterocycles. The first-order valence-electron chi connectivity index (χ1n) is 7.03. The lowest BCUT2D eigenvalue weighted by Crippen LogP contribution is -2.15. The van der Waals surface area contributed by atoms with Crippen molar-refractivity contribution < 1.29 is 4.39 Å². The monoisotopic (exact) mass is 367 g/mol. The van der Waals surface area contributed by atoms with Crippen molar-refractivity contribution in [3.8, 4) is 11.1 Å². The van der Waals surface area contributed by atoms with E-state index in [1.807, 2.05) is 19.1 Å². The molecular formula is C17H16BrClFN. The molecule has 0 amide bonds. The zero-order valence-electron chi connectivity index (χ0n) is 11.7. The van der Waals surface area contributed by atoms with Gasteiger partial charge in [0.05, 0.1) is 5.02 Å². The van der Waals surface area contributed by atoms with E-state index < -0.39 is 0 Å². The molecule has 110 valence electrons. The zero-order chi connectivity index (χ0) is 15.0. The molecule has 0 aromatic heterocycles. The zero-order valence-corrected chi connectivity index (χ0v) is 14.1. The van der Waals surface area contributed by atoms with E-state index in [9.17, 15) is 4.39 Å². The second-order valence-corrected chi connectivity index (χ2v) is 6.76. The van der Waals surface area contributed by atoms with Gasteiger partial charge >= 0.3 is 0 Å². The molecule has 2 aromatic rings. The van der Waals surface area contributed by atoms with Crippen molar-refractivity contribution in [2.75, 3.05) is 0 Å². The van der Waals surface area contributed by atoms with Crippen molar-refractivity contribution in [2.24, 2.45) is 0 Å². The van der Waals surface area contributed by atoms with Crippen molar-refractivity contribution in [1.82, 2.24) is 5.32 Å². The van der Waals surface area contributed by atoms with E-state index in [2.05, 4.69) is 27.3 Å². The highest BCUT2D eigenvalue weighted by molar-refractivity contribution is 9.10. The molecule has 0 unspecified atom stereocenters. The second kappa shape index (κ2) is 6.07. The van der Waals surface area contributed by atoms with Gasteiger partial charge in [-0.05, 0) is 64.5 Å². The van der Waals surface area contributed by atoms with Gasteiger partial charge in [-0.3, -0.25) is 0 Å². The maximum Gasteiger partial charge on any atom is 0.150 e. The molecule has 4 heteroatoms. The fourth-order valence-corrected chi connectivity index (χ4v) is 2.82. The van der Waals surface area contributed by atoms with Crippen molar-refractivity contribution in [2.45, 2.75) is 32.4 Å². The lowest BCUT2D eigenvalue weighted by molar-refractivity contribution is 0.630. The molecule has 1 fully saturated rings. The summed E-state index contributed by atoms with van der Waals surface area (Å²) in [6.45, 7) is 2.81. The summed E-state index contributed by atoms with van der Waals surface area (Å²) in [5.41, 5.74) is 3.66. The largest absolute Gasteiger partial charge is 0.310 e. The summed E-state index contributed by atoms with van der Waals surface area (Å²) in [5.74, 6) is -0.374. The van der Waals surface area contributed by atoms with E-state index in [0.717, 1.165) is 17.7 Å². The van der Waals surface area contributed by atoms with Crippen LogP contribution in [0.3, 0.4) is 0 Å². The normalized spacial score (nSPS) is 14.5. The van der Waals surface area contributed by atoms with Gasteiger partial charge in [0.25, 0.3) is 0 Å². The molecule has 1 nitrogen and oxygen atoms in total. The molecule has 3 rings (SSSR count). The Kier molecular flexibility index (Phi) is 4.34. The first-order valence-corrected chi connectivity index (χ1v) is 8.20. The van der Waals surface area contributed by atoms with Crippen LogP contribution in [-0.2, 0) is 6.54 Å². The predicted molar refractivity (Wildman–Crippen MR) is 89.1 cm³/mol. The number of rotatable bonds is 4. The topological polar surface area (TPSA) is 12.0 Å². The number of benzene rings is 2. The molecule has 1 saturated carbocycles. The third kappa shape index (κ3) is 3.31. The molecule has 1 aliphatic carbocycles. The molecule has 0 atom stereocenters. The summed E-state index contributed by atoms with van der Waals surface area (Å²) in [6.07, 6.45) is 2.52. The Morgan fingerprint density at radius 1 is 1.24 bits per heavy atom. The molecule has 0 bridgehead atoms. The summed E-state index contributed by atoms with van der Waals surface area (Å²) in [7, 11) is 0. The highest BCUT2D eigenvalue weighted by Crippen LogP contribution is 2.34. The van der Waals surface area contributed by atoms with Gasteiger partial charge in [-0.25, -0.2) is 4.39 Å². The predicted octanol–water partition coefficient (Wildman–Crippen LogP) is 5.47. The highest BCUT2D eigenvalue weighted by atomic mass is 79.9. The average Bonchev–Trinajstić information content (AvgIpc) is 3.29. The summed E-state index contributed by atoms with van der Waals surface area (Å²) in [6, 6.07) is 10.4. The van der Waals surface area contributed by atoms with Gasteiger partial charge in [-0.15, -0.1) is 0 Å². The van der Waals surface area contributed by atoms with Crippen molar-refractivity contribution in [1.29, 1.82) is 0 Å². The van der Waals surface area contributed by atoms with Crippen LogP contribution in [0.15, 0.2) is 34.8 Å². The van der Waals surface area contributed by atoms with Gasteiger partial charge in [0.2, 0.25) is 0 Å². The quantitative estimate of drug-likeness (QED) is 0.706. The second-order valence-electron chi connectivity index (χ2n) is 5.53. The molecule has 0 spiro atoms. The van der Waals surface area contributed by atoms with Crippen LogP contribution in [0.1, 0.15) is 24.0 Å². The minimum atomic E-state index is -0.374. The maximum absolute atomic E-state index is 14.4. The van der Waals surface area contributed by atoms with Gasteiger partial charge in [-0.2, -0.15) is 0 Å². The first-order chi connectivity index (χ1) is 10.1. The van der Waals surface area contributed by atoms with Crippen LogP contribution in [-0.4, -0.2) is 6.04 Å². The van der Waals surface area contributed by atoms with Crippen molar-refractivity contribution in [3.63, 3.8) is 0 Å². The third-order valence-corrected chi connectivity index (χ3v) is 5.06. The molecule has 0 heterocycles. The Labute approximate surface area is 137 Å². The Hall–Kier alpha value is -0.900. The summed E-state index contributed by atoms with van der Waals surface area (Å²) < 4.78 is 15.0. The fourth-order valence-electron chi connectivity index (χ4n) is 2.35. The van der Waals surface area contributed by atoms with Gasteiger partial charge in [0.15, 0.2) is 5.82 Å². The van der Waals surface area contributed by atoms with Crippen LogP contribution in [0.25, 0.3) is 11.1 Å². The smallest absolute Gasteiger partial charge is 0.150 e. The number of hydrogen-bond donors (Lipinski definition) is 1. The van der Waals surface area contributed by atoms with Crippen molar-refractivity contribution in [3.05, 3.63) is 56.8 Å². The number of aryl methyl sites for hydroxylation is 1. The Balaban J connectivity index is 1.96. The Bertz CT molecular complexity index is 683. The Morgan fingerprint density at radius 2 is 2.00 bits per heavy atom. The lowest BCUT2D eigenvalue weighted by Gasteiger charge is -2.12. The summed E-state index contributed by atoms with van der Waals surface area (Å²) >= 11 is 9.25. The lowest BCUT2D eigenvalue weighted by atomic mass is 9.97. The minimum absolute atomic E-state index is 0.133. The standard InChI is InChI=1S/C17H16BrClFN/c1-10-2-3-11(9-21-12-4-5-12)8-14(10)13-6-7-15(18)16(19)17(13)20/h2-3,6-8,12,21H,4-5,9H2,1H3. The highest BCUT2D eigenvalue weighted by Gasteiger charge is 2.20. The molecule has 21 heavy (non-hydrogen) atoms.